The van der Waals surface area contributed by atoms with Crippen molar-refractivity contribution in [1.82, 2.24) is 5.32 Å². The highest BCUT2D eigenvalue weighted by Crippen LogP contribution is 2.06. The molecule has 0 heterocycles. The van der Waals surface area contributed by atoms with Crippen molar-refractivity contribution in [3.63, 3.8) is 0 Å². The second kappa shape index (κ2) is 5.59. The molecule has 0 aromatic rings. The average molecular weight is 202 g/mol. The number of nitrogens with one attached hydrogen (secondary N) is 1. The van der Waals surface area contributed by atoms with E-state index in [9.17, 15) is 9.59 Å². The highest BCUT2D eigenvalue weighted by molar-refractivity contribution is 5.80. The third-order valence-corrected chi connectivity index (χ3v) is 1.53. The number of amides is 2. The molecule has 5 heteroatoms. The Labute approximate surface area is 84.0 Å². The number of hydrogen-bond acceptors (Lipinski definition) is 3. The molecule has 0 rings (SSSR count). The predicted octanol–water partition coefficient (Wildman–Crippen LogP) is -0.207. The third-order valence-electron chi connectivity index (χ3n) is 1.53. The summed E-state index contributed by atoms with van der Waals surface area (Å²) in [6.45, 7) is 5.79. The van der Waals surface area contributed by atoms with E-state index in [1.54, 1.807) is 13.8 Å². The van der Waals surface area contributed by atoms with Gasteiger partial charge in [-0.3, -0.25) is 9.59 Å². The number of primary amides is 1. The molecule has 0 aliphatic heterocycles. The van der Waals surface area contributed by atoms with Gasteiger partial charge in [-0.25, -0.2) is 0 Å². The van der Waals surface area contributed by atoms with Gasteiger partial charge in [-0.05, 0) is 20.8 Å². The van der Waals surface area contributed by atoms with E-state index in [2.05, 4.69) is 5.32 Å². The minimum absolute atomic E-state index is 0.0126. The van der Waals surface area contributed by atoms with E-state index in [1.807, 2.05) is 6.92 Å². The Bertz CT molecular complexity index is 214. The van der Waals surface area contributed by atoms with Gasteiger partial charge in [0.1, 0.15) is 6.61 Å². The van der Waals surface area contributed by atoms with Crippen LogP contribution in [0.4, 0.5) is 0 Å². The lowest BCUT2D eigenvalue weighted by atomic mass is 10.0. The van der Waals surface area contributed by atoms with Gasteiger partial charge in [0.05, 0.1) is 0 Å². The Morgan fingerprint density at radius 1 is 1.43 bits per heavy atom. The van der Waals surface area contributed by atoms with Crippen molar-refractivity contribution in [2.45, 2.75) is 32.7 Å². The molecule has 14 heavy (non-hydrogen) atoms. The lowest BCUT2D eigenvalue weighted by molar-refractivity contribution is -0.127. The van der Waals surface area contributed by atoms with Gasteiger partial charge in [0, 0.05) is 18.6 Å². The fourth-order valence-electron chi connectivity index (χ4n) is 1.09. The monoisotopic (exact) mass is 202 g/mol. The maximum atomic E-state index is 11.2. The van der Waals surface area contributed by atoms with Crippen LogP contribution < -0.4 is 11.1 Å². The van der Waals surface area contributed by atoms with Gasteiger partial charge in [0.15, 0.2) is 0 Å². The van der Waals surface area contributed by atoms with E-state index in [-0.39, 0.29) is 18.9 Å². The summed E-state index contributed by atoms with van der Waals surface area (Å²) in [6.07, 6.45) is 0.116. The minimum atomic E-state index is -0.611. The van der Waals surface area contributed by atoms with Crippen LogP contribution in [0, 0.1) is 0 Å². The normalized spacial score (nSPS) is 11.1. The van der Waals surface area contributed by atoms with E-state index in [0.717, 1.165) is 0 Å². The first-order valence-corrected chi connectivity index (χ1v) is 4.54. The maximum Gasteiger partial charge on any atom is 0.246 e. The molecule has 0 atom stereocenters. The Balaban J connectivity index is 3.95. The zero-order chi connectivity index (χ0) is 11.2. The van der Waals surface area contributed by atoms with Crippen molar-refractivity contribution in [3.05, 3.63) is 0 Å². The molecule has 2 amide bonds. The van der Waals surface area contributed by atoms with Crippen LogP contribution in [0.15, 0.2) is 0 Å². The molecule has 3 N–H and O–H groups in total. The van der Waals surface area contributed by atoms with E-state index < -0.39 is 11.4 Å². The Morgan fingerprint density at radius 3 is 2.43 bits per heavy atom. The Kier molecular flexibility index (Phi) is 5.15. The molecule has 0 unspecified atom stereocenters. The van der Waals surface area contributed by atoms with Crippen LogP contribution in [0.5, 0.6) is 0 Å². The molecule has 0 radical (unpaired) electrons. The number of carbonyl (C=O) groups is 2. The summed E-state index contributed by atoms with van der Waals surface area (Å²) < 4.78 is 4.92. The number of hydrogen-bond donors (Lipinski definition) is 2. The maximum absolute atomic E-state index is 11.2. The molecule has 0 aliphatic carbocycles. The van der Waals surface area contributed by atoms with Crippen molar-refractivity contribution in [2.24, 2.45) is 5.73 Å². The fraction of sp³-hybridized carbons (Fsp3) is 0.778. The van der Waals surface area contributed by atoms with Crippen LogP contribution in [-0.4, -0.2) is 30.6 Å². The van der Waals surface area contributed by atoms with Crippen molar-refractivity contribution >= 4 is 11.8 Å². The van der Waals surface area contributed by atoms with E-state index in [1.165, 1.54) is 0 Å². The fourth-order valence-corrected chi connectivity index (χ4v) is 1.09. The molecule has 0 spiro atoms. The van der Waals surface area contributed by atoms with Crippen LogP contribution in [-0.2, 0) is 14.3 Å². The highest BCUT2D eigenvalue weighted by Gasteiger charge is 2.22. The molecule has 0 bridgehead atoms. The van der Waals surface area contributed by atoms with Gasteiger partial charge in [-0.1, -0.05) is 0 Å². The van der Waals surface area contributed by atoms with Gasteiger partial charge in [0.25, 0.3) is 0 Å². The molecule has 0 aliphatic rings. The first-order chi connectivity index (χ1) is 6.37. The zero-order valence-electron chi connectivity index (χ0n) is 8.92. The van der Waals surface area contributed by atoms with Crippen LogP contribution in [0.2, 0.25) is 0 Å². The van der Waals surface area contributed by atoms with Gasteiger partial charge in [0.2, 0.25) is 11.8 Å². The summed E-state index contributed by atoms with van der Waals surface area (Å²) in [5, 5.41) is 2.66. The van der Waals surface area contributed by atoms with Crippen molar-refractivity contribution < 1.29 is 14.3 Å². The van der Waals surface area contributed by atoms with E-state index in [4.69, 9.17) is 10.5 Å². The number of carbonyl (C=O) groups excluding carboxylic acids is 2. The predicted molar refractivity (Wildman–Crippen MR) is 52.5 cm³/mol. The molecular formula is C9H18N2O3. The van der Waals surface area contributed by atoms with Crippen molar-refractivity contribution in [3.8, 4) is 0 Å². The van der Waals surface area contributed by atoms with Crippen LogP contribution in [0.3, 0.4) is 0 Å². The second-order valence-electron chi connectivity index (χ2n) is 3.71. The Hall–Kier alpha value is -1.10. The summed E-state index contributed by atoms with van der Waals surface area (Å²) in [6, 6.07) is 0. The summed E-state index contributed by atoms with van der Waals surface area (Å²) in [5.41, 5.74) is 4.42. The van der Waals surface area contributed by atoms with Crippen LogP contribution in [0.25, 0.3) is 0 Å². The second-order valence-corrected chi connectivity index (χ2v) is 3.71. The first kappa shape index (κ1) is 12.9. The summed E-state index contributed by atoms with van der Waals surface area (Å²) >= 11 is 0. The SMILES string of the molecule is CCOCC(=O)NC(C)(C)CC(N)=O. The number of nitrogens with two attached hydrogens (primary N) is 1. The van der Waals surface area contributed by atoms with Crippen molar-refractivity contribution in [1.29, 1.82) is 0 Å². The van der Waals surface area contributed by atoms with Crippen LogP contribution in [0.1, 0.15) is 27.2 Å². The topological polar surface area (TPSA) is 81.4 Å². The minimum Gasteiger partial charge on any atom is -0.372 e. The van der Waals surface area contributed by atoms with Gasteiger partial charge in [-0.2, -0.15) is 0 Å². The lowest BCUT2D eigenvalue weighted by Gasteiger charge is -2.24. The molecular weight excluding hydrogens is 184 g/mol. The first-order valence-electron chi connectivity index (χ1n) is 4.54. The van der Waals surface area contributed by atoms with Gasteiger partial charge in [-0.15, -0.1) is 0 Å². The molecule has 0 fully saturated rings. The highest BCUT2D eigenvalue weighted by atomic mass is 16.5. The zero-order valence-corrected chi connectivity index (χ0v) is 8.92. The number of rotatable bonds is 6. The smallest absolute Gasteiger partial charge is 0.246 e. The molecule has 5 nitrogen and oxygen atoms in total. The third kappa shape index (κ3) is 6.42. The summed E-state index contributed by atoms with van der Waals surface area (Å²) in [5.74, 6) is -0.676. The molecule has 0 saturated heterocycles. The standard InChI is InChI=1S/C9H18N2O3/c1-4-14-6-8(13)11-9(2,3)5-7(10)12/h4-6H2,1-3H3,(H2,10,12)(H,11,13). The van der Waals surface area contributed by atoms with Crippen LogP contribution >= 0.6 is 0 Å². The molecule has 0 aromatic carbocycles. The van der Waals surface area contributed by atoms with Gasteiger partial charge < -0.3 is 15.8 Å². The summed E-state index contributed by atoms with van der Waals surface area (Å²) in [4.78, 5) is 21.9. The quantitative estimate of drug-likeness (QED) is 0.625. The summed E-state index contributed by atoms with van der Waals surface area (Å²) in [7, 11) is 0. The van der Waals surface area contributed by atoms with Crippen molar-refractivity contribution in [2.75, 3.05) is 13.2 Å². The molecule has 82 valence electrons. The molecule has 0 aromatic heterocycles. The Morgan fingerprint density at radius 2 is 2.00 bits per heavy atom. The average Bonchev–Trinajstić information content (AvgIpc) is 1.96. The lowest BCUT2D eigenvalue weighted by Crippen LogP contribution is -2.47. The largest absolute Gasteiger partial charge is 0.372 e. The van der Waals surface area contributed by atoms with E-state index >= 15 is 0 Å². The number of ether oxygens (including phenoxy) is 1. The van der Waals surface area contributed by atoms with Gasteiger partial charge >= 0.3 is 0 Å². The van der Waals surface area contributed by atoms with E-state index in [0.29, 0.717) is 6.61 Å². The molecule has 0 saturated carbocycles.